The maximum Gasteiger partial charge on any atom is 0.416 e. The van der Waals surface area contributed by atoms with Gasteiger partial charge in [0, 0.05) is 24.5 Å². The number of hydrogen-bond donors (Lipinski definition) is 2. The Balaban J connectivity index is 1.72. The number of aromatic nitrogens is 2. The van der Waals surface area contributed by atoms with Crippen LogP contribution in [0.5, 0.6) is 0 Å². The van der Waals surface area contributed by atoms with Crippen molar-refractivity contribution in [2.75, 3.05) is 22.6 Å². The predicted octanol–water partition coefficient (Wildman–Crippen LogP) is 5.05. The van der Waals surface area contributed by atoms with E-state index in [4.69, 9.17) is 0 Å². The second kappa shape index (κ2) is 8.13. The fourth-order valence-electron chi connectivity index (χ4n) is 2.36. The summed E-state index contributed by atoms with van der Waals surface area (Å²) in [6.07, 6.45) is -3.30. The van der Waals surface area contributed by atoms with E-state index in [0.717, 1.165) is 17.0 Å². The molecule has 2 N–H and O–H groups in total. The lowest BCUT2D eigenvalue weighted by atomic mass is 10.2. The van der Waals surface area contributed by atoms with Crippen LogP contribution in [0.3, 0.4) is 0 Å². The van der Waals surface area contributed by atoms with E-state index in [1.807, 2.05) is 0 Å². The fourth-order valence-corrected chi connectivity index (χ4v) is 2.36. The Bertz CT molecular complexity index is 1010. The molecule has 0 aliphatic heterocycles. The highest BCUT2D eigenvalue weighted by molar-refractivity contribution is 6.00. The van der Waals surface area contributed by atoms with Gasteiger partial charge in [0.05, 0.1) is 5.56 Å². The number of anilines is 4. The van der Waals surface area contributed by atoms with Gasteiger partial charge >= 0.3 is 12.2 Å². The summed E-state index contributed by atoms with van der Waals surface area (Å²) >= 11 is 0. The van der Waals surface area contributed by atoms with E-state index in [0.29, 0.717) is 11.5 Å². The van der Waals surface area contributed by atoms with Gasteiger partial charge < -0.3 is 10.6 Å². The zero-order chi connectivity index (χ0) is 21.0. The molecule has 0 atom stereocenters. The summed E-state index contributed by atoms with van der Waals surface area (Å²) in [5.74, 6) is 0.166. The van der Waals surface area contributed by atoms with Crippen molar-refractivity contribution in [3.05, 3.63) is 72.3 Å². The molecule has 1 heterocycles. The summed E-state index contributed by atoms with van der Waals surface area (Å²) in [4.78, 5) is 21.5. The molecule has 0 aliphatic carbocycles. The number of carbonyl (C=O) groups is 1. The average molecular weight is 405 g/mol. The third-order valence-electron chi connectivity index (χ3n) is 3.86. The summed E-state index contributed by atoms with van der Waals surface area (Å²) in [6, 6.07) is 10.7. The van der Waals surface area contributed by atoms with Crippen LogP contribution in [-0.2, 0) is 6.18 Å². The topological polar surface area (TPSA) is 70.2 Å². The molecule has 0 aliphatic rings. The van der Waals surface area contributed by atoms with Crippen LogP contribution in [0, 0.1) is 5.82 Å². The van der Waals surface area contributed by atoms with Crippen molar-refractivity contribution in [2.24, 2.45) is 0 Å². The molecule has 0 fully saturated rings. The highest BCUT2D eigenvalue weighted by atomic mass is 19.4. The quantitative estimate of drug-likeness (QED) is 0.596. The Kier molecular flexibility index (Phi) is 5.62. The first-order chi connectivity index (χ1) is 13.7. The molecule has 150 valence electrons. The summed E-state index contributed by atoms with van der Waals surface area (Å²) in [6.45, 7) is 0. The van der Waals surface area contributed by atoms with E-state index in [-0.39, 0.29) is 17.3 Å². The number of carbonyl (C=O) groups excluding carboxylic acids is 1. The summed E-state index contributed by atoms with van der Waals surface area (Å²) in [5, 5.41) is 5.33. The molecule has 1 aromatic heterocycles. The number of halogens is 4. The molecule has 0 spiro atoms. The van der Waals surface area contributed by atoms with Crippen LogP contribution in [0.15, 0.2) is 60.9 Å². The number of amides is 2. The molecular weight excluding hydrogens is 390 g/mol. The van der Waals surface area contributed by atoms with E-state index in [1.165, 1.54) is 55.8 Å². The maximum atomic E-state index is 13.0. The minimum Gasteiger partial charge on any atom is -0.340 e. The van der Waals surface area contributed by atoms with Crippen molar-refractivity contribution in [1.82, 2.24) is 9.97 Å². The predicted molar refractivity (Wildman–Crippen MR) is 101 cm³/mol. The lowest BCUT2D eigenvalue weighted by Crippen LogP contribution is -2.32. The molecule has 2 aromatic carbocycles. The minimum atomic E-state index is -4.51. The second-order valence-electron chi connectivity index (χ2n) is 5.96. The molecule has 3 aromatic rings. The Labute approximate surface area is 163 Å². The second-order valence-corrected chi connectivity index (χ2v) is 5.96. The summed E-state index contributed by atoms with van der Waals surface area (Å²) < 4.78 is 51.4. The monoisotopic (exact) mass is 405 g/mol. The molecular formula is C19H15F4N5O. The van der Waals surface area contributed by atoms with Crippen molar-refractivity contribution in [3.63, 3.8) is 0 Å². The van der Waals surface area contributed by atoms with Gasteiger partial charge in [-0.2, -0.15) is 13.2 Å². The lowest BCUT2D eigenvalue weighted by molar-refractivity contribution is -0.137. The number of benzene rings is 2. The summed E-state index contributed by atoms with van der Waals surface area (Å²) in [7, 11) is 1.41. The first-order valence-electron chi connectivity index (χ1n) is 8.29. The third-order valence-corrected chi connectivity index (χ3v) is 3.86. The maximum absolute atomic E-state index is 13.0. The van der Waals surface area contributed by atoms with E-state index in [9.17, 15) is 22.4 Å². The zero-order valence-corrected chi connectivity index (χ0v) is 15.0. The van der Waals surface area contributed by atoms with Crippen molar-refractivity contribution in [3.8, 4) is 0 Å². The van der Waals surface area contributed by atoms with Crippen LogP contribution >= 0.6 is 0 Å². The molecule has 0 saturated carbocycles. The van der Waals surface area contributed by atoms with E-state index in [2.05, 4.69) is 20.6 Å². The van der Waals surface area contributed by atoms with E-state index < -0.39 is 17.8 Å². The average Bonchev–Trinajstić information content (AvgIpc) is 2.69. The van der Waals surface area contributed by atoms with Crippen LogP contribution in [0.4, 0.5) is 45.4 Å². The van der Waals surface area contributed by atoms with Crippen LogP contribution < -0.4 is 15.5 Å². The van der Waals surface area contributed by atoms with Gasteiger partial charge in [-0.3, -0.25) is 4.90 Å². The number of nitrogens with zero attached hydrogens (tertiary/aromatic N) is 3. The Morgan fingerprint density at radius 2 is 1.72 bits per heavy atom. The van der Waals surface area contributed by atoms with Gasteiger partial charge in [0.15, 0.2) is 0 Å². The highest BCUT2D eigenvalue weighted by Gasteiger charge is 2.30. The van der Waals surface area contributed by atoms with Gasteiger partial charge in [-0.05, 0) is 42.5 Å². The molecule has 3 rings (SSSR count). The molecule has 6 nitrogen and oxygen atoms in total. The first-order valence-corrected chi connectivity index (χ1v) is 8.29. The van der Waals surface area contributed by atoms with Crippen molar-refractivity contribution >= 4 is 29.0 Å². The van der Waals surface area contributed by atoms with E-state index >= 15 is 0 Å². The SMILES string of the molecule is CN(C(=O)Nc1cccc(C(F)(F)F)c1)c1cc(Nc2ccc(F)cc2)ncn1. The number of nitrogens with one attached hydrogen (secondary N) is 2. The number of urea groups is 1. The zero-order valence-electron chi connectivity index (χ0n) is 15.0. The van der Waals surface area contributed by atoms with Gasteiger partial charge in [-0.15, -0.1) is 0 Å². The largest absolute Gasteiger partial charge is 0.416 e. The van der Waals surface area contributed by atoms with Gasteiger partial charge in [0.1, 0.15) is 23.8 Å². The molecule has 0 bridgehead atoms. The lowest BCUT2D eigenvalue weighted by Gasteiger charge is -2.18. The van der Waals surface area contributed by atoms with E-state index in [1.54, 1.807) is 0 Å². The molecule has 0 unspecified atom stereocenters. The highest BCUT2D eigenvalue weighted by Crippen LogP contribution is 2.30. The van der Waals surface area contributed by atoms with Crippen molar-refractivity contribution < 1.29 is 22.4 Å². The molecule has 2 amide bonds. The van der Waals surface area contributed by atoms with Crippen LogP contribution in [-0.4, -0.2) is 23.0 Å². The normalized spacial score (nSPS) is 11.1. The molecule has 29 heavy (non-hydrogen) atoms. The third kappa shape index (κ3) is 5.18. The number of rotatable bonds is 4. The van der Waals surface area contributed by atoms with Crippen LogP contribution in [0.25, 0.3) is 0 Å². The molecule has 10 heteroatoms. The van der Waals surface area contributed by atoms with Gasteiger partial charge in [-0.25, -0.2) is 19.2 Å². The molecule has 0 radical (unpaired) electrons. The van der Waals surface area contributed by atoms with Crippen molar-refractivity contribution in [2.45, 2.75) is 6.18 Å². The van der Waals surface area contributed by atoms with Crippen LogP contribution in [0.2, 0.25) is 0 Å². The van der Waals surface area contributed by atoms with Gasteiger partial charge in [0.2, 0.25) is 0 Å². The van der Waals surface area contributed by atoms with Crippen molar-refractivity contribution in [1.29, 1.82) is 0 Å². The fraction of sp³-hybridized carbons (Fsp3) is 0.105. The molecule has 0 saturated heterocycles. The Morgan fingerprint density at radius 3 is 2.41 bits per heavy atom. The van der Waals surface area contributed by atoms with Gasteiger partial charge in [-0.1, -0.05) is 6.07 Å². The van der Waals surface area contributed by atoms with Gasteiger partial charge in [0.25, 0.3) is 0 Å². The standard InChI is InChI=1S/C19H15F4N5O/c1-28(18(29)27-15-4-2-3-12(9-15)19(21,22)23)17-10-16(24-11-25-17)26-14-7-5-13(20)6-8-14/h2-11H,1H3,(H,27,29)(H,24,25,26). The number of alkyl halides is 3. The summed E-state index contributed by atoms with van der Waals surface area (Å²) in [5.41, 5.74) is -0.298. The Morgan fingerprint density at radius 1 is 1.00 bits per heavy atom. The first kappa shape index (κ1) is 20.1. The minimum absolute atomic E-state index is 0.00427. The number of hydrogen-bond acceptors (Lipinski definition) is 4. The van der Waals surface area contributed by atoms with Crippen LogP contribution in [0.1, 0.15) is 5.56 Å². The smallest absolute Gasteiger partial charge is 0.340 e. The Hall–Kier alpha value is -3.69.